The Kier molecular flexibility index (Phi) is 6.27. The molecular formula is C16H22N2O4. The molecule has 0 saturated heterocycles. The van der Waals surface area contributed by atoms with Crippen molar-refractivity contribution in [1.29, 1.82) is 0 Å². The average Bonchev–Trinajstić information content (AvgIpc) is 2.99. The molecular weight excluding hydrogens is 284 g/mol. The zero-order valence-electron chi connectivity index (χ0n) is 12.9. The molecule has 0 spiro atoms. The van der Waals surface area contributed by atoms with Gasteiger partial charge in [0.25, 0.3) is 0 Å². The van der Waals surface area contributed by atoms with Gasteiger partial charge in [-0.1, -0.05) is 24.3 Å². The molecule has 2 atom stereocenters. The molecule has 1 heterocycles. The summed E-state index contributed by atoms with van der Waals surface area (Å²) in [5, 5.41) is 19.8. The van der Waals surface area contributed by atoms with Crippen molar-refractivity contribution in [3.05, 3.63) is 54.3 Å². The zero-order chi connectivity index (χ0) is 16.8. The second-order valence-electron chi connectivity index (χ2n) is 5.52. The van der Waals surface area contributed by atoms with Crippen LogP contribution in [0.5, 0.6) is 0 Å². The smallest absolute Gasteiger partial charge is 0.226 e. The van der Waals surface area contributed by atoms with Crippen LogP contribution in [0.15, 0.2) is 53.0 Å². The van der Waals surface area contributed by atoms with Crippen LogP contribution >= 0.6 is 0 Å². The van der Waals surface area contributed by atoms with Crippen LogP contribution in [0.25, 0.3) is 0 Å². The van der Waals surface area contributed by atoms with Crippen molar-refractivity contribution in [2.45, 2.75) is 33.0 Å². The minimum atomic E-state index is -1.03. The molecule has 4 N–H and O–H groups in total. The number of hydrogen-bond acceptors (Lipinski definition) is 5. The van der Waals surface area contributed by atoms with Gasteiger partial charge in [-0.3, -0.25) is 4.79 Å². The number of allylic oxidation sites excluding steroid dienone is 4. The van der Waals surface area contributed by atoms with E-state index in [4.69, 9.17) is 10.2 Å². The molecule has 0 fully saturated rings. The predicted octanol–water partition coefficient (Wildman–Crippen LogP) is 1.64. The number of carbonyl (C=O) groups excluding carboxylic acids is 1. The number of nitrogens with zero attached hydrogens (tertiary/aromatic N) is 1. The summed E-state index contributed by atoms with van der Waals surface area (Å²) in [7, 11) is 0. The van der Waals surface area contributed by atoms with Crippen LogP contribution in [0.3, 0.4) is 0 Å². The van der Waals surface area contributed by atoms with E-state index in [1.807, 2.05) is 0 Å². The number of aromatic nitrogens is 1. The SMILES string of the molecule is C/C(=C/C=C/C=C/[C@H](O)c1cnco1)[C@@H](O)C(C)(C)C(N)=O. The van der Waals surface area contributed by atoms with Gasteiger partial charge >= 0.3 is 0 Å². The van der Waals surface area contributed by atoms with Crippen LogP contribution in [0, 0.1) is 5.41 Å². The maximum Gasteiger partial charge on any atom is 0.226 e. The van der Waals surface area contributed by atoms with Crippen molar-refractivity contribution < 1.29 is 19.4 Å². The number of hydrogen-bond donors (Lipinski definition) is 3. The minimum Gasteiger partial charge on any atom is -0.445 e. The first-order chi connectivity index (χ1) is 10.3. The van der Waals surface area contributed by atoms with Crippen LogP contribution in [0.4, 0.5) is 0 Å². The lowest BCUT2D eigenvalue weighted by Gasteiger charge is -2.27. The monoisotopic (exact) mass is 306 g/mol. The Labute approximate surface area is 129 Å². The number of aliphatic hydroxyl groups is 2. The first-order valence-corrected chi connectivity index (χ1v) is 6.83. The van der Waals surface area contributed by atoms with Gasteiger partial charge in [-0.15, -0.1) is 0 Å². The fourth-order valence-corrected chi connectivity index (χ4v) is 1.70. The van der Waals surface area contributed by atoms with E-state index in [9.17, 15) is 15.0 Å². The number of primary amides is 1. The van der Waals surface area contributed by atoms with Gasteiger partial charge < -0.3 is 20.4 Å². The quantitative estimate of drug-likeness (QED) is 0.663. The summed E-state index contributed by atoms with van der Waals surface area (Å²) in [6, 6.07) is 0. The third kappa shape index (κ3) is 4.68. The highest BCUT2D eigenvalue weighted by Crippen LogP contribution is 2.25. The Morgan fingerprint density at radius 3 is 2.59 bits per heavy atom. The molecule has 1 rings (SSSR count). The van der Waals surface area contributed by atoms with Crippen LogP contribution in [-0.2, 0) is 4.79 Å². The van der Waals surface area contributed by atoms with Gasteiger partial charge in [-0.2, -0.15) is 0 Å². The van der Waals surface area contributed by atoms with Gasteiger partial charge in [-0.25, -0.2) is 4.98 Å². The third-order valence-corrected chi connectivity index (χ3v) is 3.37. The summed E-state index contributed by atoms with van der Waals surface area (Å²) in [5.74, 6) is -0.207. The van der Waals surface area contributed by atoms with Crippen molar-refractivity contribution in [3.63, 3.8) is 0 Å². The lowest BCUT2D eigenvalue weighted by Crippen LogP contribution is -2.42. The predicted molar refractivity (Wildman–Crippen MR) is 82.5 cm³/mol. The Balaban J connectivity index is 2.61. The lowest BCUT2D eigenvalue weighted by atomic mass is 9.82. The van der Waals surface area contributed by atoms with Crippen molar-refractivity contribution in [2.75, 3.05) is 0 Å². The fraction of sp³-hybridized carbons (Fsp3) is 0.375. The molecule has 1 amide bonds. The number of oxazole rings is 1. The second-order valence-corrected chi connectivity index (χ2v) is 5.52. The summed E-state index contributed by atoms with van der Waals surface area (Å²) in [6.45, 7) is 4.90. The molecule has 0 unspecified atom stereocenters. The highest BCUT2D eigenvalue weighted by atomic mass is 16.4. The van der Waals surface area contributed by atoms with Crippen molar-refractivity contribution in [2.24, 2.45) is 11.1 Å². The van der Waals surface area contributed by atoms with Crippen LogP contribution in [-0.4, -0.2) is 27.2 Å². The van der Waals surface area contributed by atoms with Gasteiger partial charge in [0, 0.05) is 0 Å². The highest BCUT2D eigenvalue weighted by Gasteiger charge is 2.34. The van der Waals surface area contributed by atoms with Gasteiger partial charge in [0.15, 0.2) is 12.2 Å². The summed E-state index contributed by atoms with van der Waals surface area (Å²) < 4.78 is 4.96. The number of rotatable bonds is 7. The molecule has 6 nitrogen and oxygen atoms in total. The Bertz CT molecular complexity index is 571. The van der Waals surface area contributed by atoms with Crippen molar-refractivity contribution in [3.8, 4) is 0 Å². The van der Waals surface area contributed by atoms with E-state index in [-0.39, 0.29) is 0 Å². The van der Waals surface area contributed by atoms with E-state index in [1.165, 1.54) is 18.7 Å². The molecule has 0 radical (unpaired) electrons. The summed E-state index contributed by atoms with van der Waals surface area (Å²) in [6.07, 6.45) is 9.09. The molecule has 0 saturated carbocycles. The molecule has 0 aliphatic carbocycles. The number of carbonyl (C=O) groups is 1. The first-order valence-electron chi connectivity index (χ1n) is 6.83. The first kappa shape index (κ1) is 17.9. The Morgan fingerprint density at radius 2 is 2.05 bits per heavy atom. The summed E-state index contributed by atoms with van der Waals surface area (Å²) in [4.78, 5) is 15.0. The van der Waals surface area contributed by atoms with Gasteiger partial charge in [0.05, 0.1) is 17.7 Å². The summed E-state index contributed by atoms with van der Waals surface area (Å²) in [5.41, 5.74) is 4.85. The molecule has 22 heavy (non-hydrogen) atoms. The lowest BCUT2D eigenvalue weighted by molar-refractivity contribution is -0.130. The number of nitrogens with two attached hydrogens (primary N) is 1. The highest BCUT2D eigenvalue weighted by molar-refractivity contribution is 5.81. The molecule has 0 aromatic carbocycles. The van der Waals surface area contributed by atoms with Crippen LogP contribution in [0.1, 0.15) is 32.6 Å². The molecule has 0 bridgehead atoms. The van der Waals surface area contributed by atoms with E-state index in [0.29, 0.717) is 11.3 Å². The van der Waals surface area contributed by atoms with Gasteiger partial charge in [-0.05, 0) is 32.4 Å². The molecule has 120 valence electrons. The van der Waals surface area contributed by atoms with Crippen LogP contribution in [0.2, 0.25) is 0 Å². The molecule has 0 aliphatic rings. The van der Waals surface area contributed by atoms with E-state index < -0.39 is 23.5 Å². The van der Waals surface area contributed by atoms with Crippen molar-refractivity contribution >= 4 is 5.91 Å². The fourth-order valence-electron chi connectivity index (χ4n) is 1.70. The average molecular weight is 306 g/mol. The molecule has 1 aromatic heterocycles. The standard InChI is InChI=1S/C16H22N2O4/c1-11(14(20)16(2,3)15(17)21)7-5-4-6-8-12(19)13-9-18-10-22-13/h4-10,12,14,19-20H,1-3H3,(H2,17,21)/b5-4+,8-6+,11-7-/t12-,14+/m0/s1. The molecule has 1 aromatic rings. The normalized spacial score (nSPS) is 16.3. The second kappa shape index (κ2) is 7.72. The van der Waals surface area contributed by atoms with E-state index in [2.05, 4.69) is 4.98 Å². The van der Waals surface area contributed by atoms with Crippen molar-refractivity contribution in [1.82, 2.24) is 4.98 Å². The number of amides is 1. The summed E-state index contributed by atoms with van der Waals surface area (Å²) >= 11 is 0. The van der Waals surface area contributed by atoms with Crippen LogP contribution < -0.4 is 5.73 Å². The largest absolute Gasteiger partial charge is 0.445 e. The zero-order valence-corrected chi connectivity index (χ0v) is 12.9. The Morgan fingerprint density at radius 1 is 1.36 bits per heavy atom. The minimum absolute atomic E-state index is 0.356. The maximum atomic E-state index is 11.3. The van der Waals surface area contributed by atoms with Gasteiger partial charge in [0.2, 0.25) is 5.91 Å². The Hall–Kier alpha value is -2.18. The molecule has 6 heteroatoms. The topological polar surface area (TPSA) is 110 Å². The third-order valence-electron chi connectivity index (χ3n) is 3.37. The maximum absolute atomic E-state index is 11.3. The molecule has 0 aliphatic heterocycles. The van der Waals surface area contributed by atoms with Gasteiger partial charge in [0.1, 0.15) is 6.10 Å². The van der Waals surface area contributed by atoms with E-state index in [1.54, 1.807) is 45.1 Å². The number of aliphatic hydroxyl groups excluding tert-OH is 2. The van der Waals surface area contributed by atoms with E-state index in [0.717, 1.165) is 0 Å². The van der Waals surface area contributed by atoms with E-state index >= 15 is 0 Å².